The van der Waals surface area contributed by atoms with Gasteiger partial charge in [0.15, 0.2) is 0 Å². The molecule has 0 nitrogen and oxygen atoms in total. The van der Waals surface area contributed by atoms with Gasteiger partial charge in [-0.05, 0) is 56.1 Å². The maximum Gasteiger partial charge on any atom is -0.0127 e. The van der Waals surface area contributed by atoms with Gasteiger partial charge in [0, 0.05) is 0 Å². The molecule has 0 bridgehead atoms. The van der Waals surface area contributed by atoms with E-state index in [0.29, 0.717) is 0 Å². The molecule has 0 fully saturated rings. The Morgan fingerprint density at radius 2 is 0.897 bits per heavy atom. The van der Waals surface area contributed by atoms with Gasteiger partial charge in [-0.3, -0.25) is 0 Å². The third-order valence-electron chi connectivity index (χ3n) is 6.82. The molecule has 0 amide bonds. The molecular weight excluding hydrogens is 348 g/mol. The van der Waals surface area contributed by atoms with Gasteiger partial charge in [-0.25, -0.2) is 0 Å². The average molecular weight is 403 g/mol. The zero-order chi connectivity index (χ0) is 21.0. The summed E-state index contributed by atoms with van der Waals surface area (Å²) in [5, 5.41) is 0. The van der Waals surface area contributed by atoms with Crippen molar-refractivity contribution in [3.05, 3.63) is 22.8 Å². The first-order chi connectivity index (χ1) is 14.3. The summed E-state index contributed by atoms with van der Waals surface area (Å²) in [5.41, 5.74) is 5.41. The van der Waals surface area contributed by atoms with Gasteiger partial charge in [0.05, 0.1) is 0 Å². The van der Waals surface area contributed by atoms with Gasteiger partial charge in [0.25, 0.3) is 0 Å². The van der Waals surface area contributed by atoms with Crippen molar-refractivity contribution in [2.75, 3.05) is 0 Å². The largest absolute Gasteiger partial charge is 0.0770 e. The van der Waals surface area contributed by atoms with Crippen molar-refractivity contribution in [3.8, 4) is 0 Å². The van der Waals surface area contributed by atoms with Crippen LogP contribution in [0.15, 0.2) is 22.8 Å². The molecule has 0 N–H and O–H groups in total. The van der Waals surface area contributed by atoms with E-state index in [0.717, 1.165) is 0 Å². The Hall–Kier alpha value is -0.520. The predicted molar refractivity (Wildman–Crippen MR) is 134 cm³/mol. The summed E-state index contributed by atoms with van der Waals surface area (Å²) < 4.78 is 0. The third kappa shape index (κ3) is 13.4. The fraction of sp³-hybridized carbons (Fsp3) is 0.862. The second kappa shape index (κ2) is 19.4. The molecule has 1 aliphatic carbocycles. The van der Waals surface area contributed by atoms with Crippen molar-refractivity contribution in [2.24, 2.45) is 0 Å². The highest BCUT2D eigenvalue weighted by Gasteiger charge is 2.16. The van der Waals surface area contributed by atoms with E-state index < -0.39 is 0 Å². The molecule has 0 atom stereocenters. The summed E-state index contributed by atoms with van der Waals surface area (Å²) in [4.78, 5) is 0. The summed E-state index contributed by atoms with van der Waals surface area (Å²) in [6.45, 7) is 6.94. The molecule has 0 aromatic rings. The monoisotopic (exact) mass is 402 g/mol. The van der Waals surface area contributed by atoms with Gasteiger partial charge in [0.2, 0.25) is 0 Å². The molecule has 0 saturated heterocycles. The van der Waals surface area contributed by atoms with Crippen molar-refractivity contribution in [3.63, 3.8) is 0 Å². The van der Waals surface area contributed by atoms with E-state index in [1.165, 1.54) is 141 Å². The molecule has 0 aliphatic heterocycles. The topological polar surface area (TPSA) is 0 Å². The van der Waals surface area contributed by atoms with Crippen LogP contribution in [0.5, 0.6) is 0 Å². The summed E-state index contributed by atoms with van der Waals surface area (Å²) in [6.07, 6.45) is 33.6. The van der Waals surface area contributed by atoms with Crippen LogP contribution in [-0.4, -0.2) is 0 Å². The summed E-state index contributed by atoms with van der Waals surface area (Å²) in [5.74, 6) is 0. The summed E-state index contributed by atoms with van der Waals surface area (Å²) in [7, 11) is 0. The Balaban J connectivity index is 2.40. The molecule has 1 aliphatic rings. The fourth-order valence-electron chi connectivity index (χ4n) is 4.86. The molecule has 1 rings (SSSR count). The number of rotatable bonds is 21. The van der Waals surface area contributed by atoms with Crippen LogP contribution in [0.3, 0.4) is 0 Å². The number of hydrogen-bond donors (Lipinski definition) is 0. The van der Waals surface area contributed by atoms with Crippen molar-refractivity contribution in [1.82, 2.24) is 0 Å². The molecule has 0 aromatic carbocycles. The molecule has 170 valence electrons. The Bertz CT molecular complexity index is 425. The smallest absolute Gasteiger partial charge is 0.0127 e. The highest BCUT2D eigenvalue weighted by molar-refractivity contribution is 5.42. The Morgan fingerprint density at radius 1 is 0.483 bits per heavy atom. The van der Waals surface area contributed by atoms with E-state index in [9.17, 15) is 0 Å². The Labute approximate surface area is 185 Å². The molecule has 0 saturated carbocycles. The SMILES string of the molecule is CCCCCCCCC1=CCC(CCCCCCCC)=C1CCCCCCCC. The molecule has 0 unspecified atom stereocenters. The second-order valence-electron chi connectivity index (χ2n) is 9.57. The summed E-state index contributed by atoms with van der Waals surface area (Å²) in [6, 6.07) is 0. The van der Waals surface area contributed by atoms with Crippen LogP contribution in [-0.2, 0) is 0 Å². The first-order valence-electron chi connectivity index (χ1n) is 13.7. The average Bonchev–Trinajstić information content (AvgIpc) is 3.11. The predicted octanol–water partition coefficient (Wildman–Crippen LogP) is 10.9. The van der Waals surface area contributed by atoms with E-state index in [-0.39, 0.29) is 0 Å². The highest BCUT2D eigenvalue weighted by Crippen LogP contribution is 2.36. The second-order valence-corrected chi connectivity index (χ2v) is 9.57. The van der Waals surface area contributed by atoms with Gasteiger partial charge in [-0.2, -0.15) is 0 Å². The molecule has 29 heavy (non-hydrogen) atoms. The van der Waals surface area contributed by atoms with E-state index >= 15 is 0 Å². The molecular formula is C29H54. The van der Waals surface area contributed by atoms with Gasteiger partial charge in [0.1, 0.15) is 0 Å². The zero-order valence-electron chi connectivity index (χ0n) is 20.6. The maximum atomic E-state index is 2.62. The number of hydrogen-bond acceptors (Lipinski definition) is 0. The first-order valence-corrected chi connectivity index (χ1v) is 13.7. The third-order valence-corrected chi connectivity index (χ3v) is 6.82. The van der Waals surface area contributed by atoms with Crippen molar-refractivity contribution in [2.45, 2.75) is 162 Å². The molecule has 0 heterocycles. The fourth-order valence-corrected chi connectivity index (χ4v) is 4.86. The van der Waals surface area contributed by atoms with Crippen LogP contribution in [0.25, 0.3) is 0 Å². The van der Waals surface area contributed by atoms with Gasteiger partial charge in [-0.15, -0.1) is 0 Å². The zero-order valence-corrected chi connectivity index (χ0v) is 20.6. The van der Waals surface area contributed by atoms with Crippen molar-refractivity contribution in [1.29, 1.82) is 0 Å². The Kier molecular flexibility index (Phi) is 17.8. The van der Waals surface area contributed by atoms with Crippen LogP contribution in [0.2, 0.25) is 0 Å². The van der Waals surface area contributed by atoms with Crippen LogP contribution in [0, 0.1) is 0 Å². The Morgan fingerprint density at radius 3 is 1.41 bits per heavy atom. The molecule has 0 radical (unpaired) electrons. The van der Waals surface area contributed by atoms with Crippen molar-refractivity contribution >= 4 is 0 Å². The molecule has 0 heteroatoms. The first kappa shape index (κ1) is 26.5. The number of allylic oxidation sites excluding steroid dienone is 4. The van der Waals surface area contributed by atoms with Gasteiger partial charge >= 0.3 is 0 Å². The van der Waals surface area contributed by atoms with E-state index in [1.807, 2.05) is 11.1 Å². The van der Waals surface area contributed by atoms with Crippen LogP contribution in [0.4, 0.5) is 0 Å². The maximum absolute atomic E-state index is 2.62. The summed E-state index contributed by atoms with van der Waals surface area (Å²) >= 11 is 0. The molecule has 0 aromatic heterocycles. The minimum absolute atomic E-state index is 1.28. The van der Waals surface area contributed by atoms with Gasteiger partial charge in [-0.1, -0.05) is 129 Å². The lowest BCUT2D eigenvalue weighted by atomic mass is 9.93. The lowest BCUT2D eigenvalue weighted by molar-refractivity contribution is 0.593. The van der Waals surface area contributed by atoms with Crippen LogP contribution < -0.4 is 0 Å². The molecule has 0 spiro atoms. The van der Waals surface area contributed by atoms with E-state index in [4.69, 9.17) is 0 Å². The minimum atomic E-state index is 1.28. The number of unbranched alkanes of at least 4 members (excludes halogenated alkanes) is 15. The standard InChI is InChI=1S/C29H54/c1-4-7-10-13-16-19-22-27-25-26-28(23-20-17-14-11-8-5-2)29(27)24-21-18-15-12-9-6-3/h25H,4-24,26H2,1-3H3. The highest BCUT2D eigenvalue weighted by atomic mass is 14.2. The van der Waals surface area contributed by atoms with E-state index in [2.05, 4.69) is 26.8 Å². The van der Waals surface area contributed by atoms with Crippen molar-refractivity contribution < 1.29 is 0 Å². The quantitative estimate of drug-likeness (QED) is 0.167. The lowest BCUT2D eigenvalue weighted by Crippen LogP contribution is -1.94. The minimum Gasteiger partial charge on any atom is -0.0770 e. The van der Waals surface area contributed by atoms with Gasteiger partial charge < -0.3 is 0 Å². The lowest BCUT2D eigenvalue weighted by Gasteiger charge is -2.13. The van der Waals surface area contributed by atoms with Crippen LogP contribution in [0.1, 0.15) is 162 Å². The normalized spacial score (nSPS) is 14.1. The van der Waals surface area contributed by atoms with Crippen LogP contribution >= 0.6 is 0 Å². The van der Waals surface area contributed by atoms with E-state index in [1.54, 1.807) is 5.57 Å².